The molecule has 2 atom stereocenters. The molecule has 25 heavy (non-hydrogen) atoms. The number of ether oxygens (including phenoxy) is 1. The Morgan fingerprint density at radius 1 is 1.28 bits per heavy atom. The molecule has 1 aromatic heterocycles. The fraction of sp³-hybridized carbons (Fsp3) is 0.647. The lowest BCUT2D eigenvalue weighted by Crippen LogP contribution is -2.42. The minimum Gasteiger partial charge on any atom is -0.476 e. The molecule has 1 aliphatic carbocycles. The van der Waals surface area contributed by atoms with Gasteiger partial charge in [0.05, 0.1) is 12.4 Å². The maximum absolute atomic E-state index is 12.4. The molecule has 0 spiro atoms. The van der Waals surface area contributed by atoms with Crippen molar-refractivity contribution in [3.63, 3.8) is 0 Å². The van der Waals surface area contributed by atoms with Crippen LogP contribution in [-0.4, -0.2) is 63.3 Å². The van der Waals surface area contributed by atoms with Crippen molar-refractivity contribution in [3.05, 3.63) is 18.1 Å². The first-order valence-electron chi connectivity index (χ1n) is 8.51. The zero-order valence-corrected chi connectivity index (χ0v) is 15.0. The van der Waals surface area contributed by atoms with Crippen molar-refractivity contribution in [2.45, 2.75) is 39.3 Å². The number of carboxylic acid groups (broad SMARTS) is 1. The molecular formula is C17H24N4O4. The second-order valence-corrected chi connectivity index (χ2v) is 7.55. The zero-order valence-electron chi connectivity index (χ0n) is 15.0. The van der Waals surface area contributed by atoms with Crippen molar-refractivity contribution in [1.29, 1.82) is 0 Å². The number of aromatic nitrogens is 2. The maximum atomic E-state index is 12.4. The van der Waals surface area contributed by atoms with Gasteiger partial charge in [-0.05, 0) is 27.7 Å². The molecule has 1 saturated carbocycles. The number of nitrogens with zero attached hydrogens (tertiary/aromatic N) is 4. The van der Waals surface area contributed by atoms with E-state index in [0.717, 1.165) is 13.1 Å². The molecular weight excluding hydrogens is 324 g/mol. The van der Waals surface area contributed by atoms with Gasteiger partial charge in [-0.1, -0.05) is 0 Å². The summed E-state index contributed by atoms with van der Waals surface area (Å²) >= 11 is 0. The Morgan fingerprint density at radius 2 is 1.92 bits per heavy atom. The molecule has 0 radical (unpaired) electrons. The highest BCUT2D eigenvalue weighted by molar-refractivity contribution is 5.84. The third kappa shape index (κ3) is 3.52. The van der Waals surface area contributed by atoms with E-state index >= 15 is 0 Å². The Hall–Kier alpha value is -2.38. The quantitative estimate of drug-likeness (QED) is 0.887. The van der Waals surface area contributed by atoms with E-state index in [1.165, 1.54) is 12.4 Å². The van der Waals surface area contributed by atoms with E-state index in [-0.39, 0.29) is 17.8 Å². The van der Waals surface area contributed by atoms with Gasteiger partial charge in [-0.2, -0.15) is 0 Å². The van der Waals surface area contributed by atoms with E-state index in [9.17, 15) is 9.59 Å². The number of aromatic carboxylic acids is 1. The molecule has 1 N–H and O–H groups in total. The molecule has 2 heterocycles. The summed E-state index contributed by atoms with van der Waals surface area (Å²) in [7, 11) is 0. The summed E-state index contributed by atoms with van der Waals surface area (Å²) in [6.45, 7) is 9.77. The largest absolute Gasteiger partial charge is 0.476 e. The summed E-state index contributed by atoms with van der Waals surface area (Å²) in [4.78, 5) is 35.2. The average Bonchev–Trinajstić information content (AvgIpc) is 3.00. The van der Waals surface area contributed by atoms with Crippen LogP contribution in [0.3, 0.4) is 0 Å². The Labute approximate surface area is 146 Å². The first kappa shape index (κ1) is 17.4. The van der Waals surface area contributed by atoms with Gasteiger partial charge in [-0.15, -0.1) is 0 Å². The van der Waals surface area contributed by atoms with Gasteiger partial charge in [-0.3, -0.25) is 0 Å². The molecule has 1 aromatic rings. The van der Waals surface area contributed by atoms with Gasteiger partial charge in [0.1, 0.15) is 11.4 Å². The number of carbonyl (C=O) groups is 2. The monoisotopic (exact) mass is 348 g/mol. The standard InChI is InChI=1S/C17H24N4O4/c1-5-21(16(24)25-17(2,3)4)14-10-8-20(9-11(10)14)13-7-18-12(6-19-13)15(22)23/h6-7,10-11,14H,5,8-9H2,1-4H3,(H,22,23). The molecule has 3 rings (SSSR count). The van der Waals surface area contributed by atoms with Crippen molar-refractivity contribution >= 4 is 17.9 Å². The molecule has 1 saturated heterocycles. The van der Waals surface area contributed by atoms with Gasteiger partial charge in [0, 0.05) is 37.5 Å². The van der Waals surface area contributed by atoms with E-state index in [1.54, 1.807) is 0 Å². The number of rotatable bonds is 4. The molecule has 2 aliphatic rings. The van der Waals surface area contributed by atoms with Crippen LogP contribution in [0.4, 0.5) is 10.6 Å². The molecule has 1 aliphatic heterocycles. The van der Waals surface area contributed by atoms with Crippen LogP contribution in [0.1, 0.15) is 38.2 Å². The average molecular weight is 348 g/mol. The van der Waals surface area contributed by atoms with E-state index in [4.69, 9.17) is 9.84 Å². The topological polar surface area (TPSA) is 95.9 Å². The van der Waals surface area contributed by atoms with Crippen molar-refractivity contribution in [2.24, 2.45) is 11.8 Å². The van der Waals surface area contributed by atoms with E-state index in [2.05, 4.69) is 14.9 Å². The van der Waals surface area contributed by atoms with E-state index in [0.29, 0.717) is 24.2 Å². The number of anilines is 1. The lowest BCUT2D eigenvalue weighted by atomic mass is 10.2. The lowest BCUT2D eigenvalue weighted by Gasteiger charge is -2.29. The first-order valence-corrected chi connectivity index (χ1v) is 8.51. The number of amides is 1. The Balaban J connectivity index is 1.60. The summed E-state index contributed by atoms with van der Waals surface area (Å²) in [6, 6.07) is 0.211. The van der Waals surface area contributed by atoms with Crippen LogP contribution >= 0.6 is 0 Å². The number of carboxylic acids is 1. The molecule has 136 valence electrons. The van der Waals surface area contributed by atoms with Crippen molar-refractivity contribution < 1.29 is 19.4 Å². The van der Waals surface area contributed by atoms with Crippen LogP contribution in [0.25, 0.3) is 0 Å². The summed E-state index contributed by atoms with van der Waals surface area (Å²) in [5.74, 6) is 0.387. The number of hydrogen-bond donors (Lipinski definition) is 1. The molecule has 0 aromatic carbocycles. The van der Waals surface area contributed by atoms with Crippen LogP contribution in [0, 0.1) is 11.8 Å². The zero-order chi connectivity index (χ0) is 18.4. The molecule has 8 nitrogen and oxygen atoms in total. The summed E-state index contributed by atoms with van der Waals surface area (Å²) in [5, 5.41) is 8.88. The van der Waals surface area contributed by atoms with Gasteiger partial charge in [-0.25, -0.2) is 19.6 Å². The number of fused-ring (bicyclic) bond motifs is 1. The molecule has 2 fully saturated rings. The third-order valence-corrected chi connectivity index (χ3v) is 4.66. The van der Waals surface area contributed by atoms with E-state index in [1.807, 2.05) is 32.6 Å². The van der Waals surface area contributed by atoms with Crippen LogP contribution in [-0.2, 0) is 4.74 Å². The number of piperidine rings is 1. The predicted octanol–water partition coefficient (Wildman–Crippen LogP) is 1.87. The van der Waals surface area contributed by atoms with Gasteiger partial charge in [0.15, 0.2) is 5.69 Å². The van der Waals surface area contributed by atoms with Crippen LogP contribution < -0.4 is 4.90 Å². The highest BCUT2D eigenvalue weighted by Crippen LogP contribution is 2.49. The van der Waals surface area contributed by atoms with Crippen LogP contribution in [0.5, 0.6) is 0 Å². The number of carbonyl (C=O) groups excluding carboxylic acids is 1. The van der Waals surface area contributed by atoms with Crippen molar-refractivity contribution in [1.82, 2.24) is 14.9 Å². The molecule has 0 bridgehead atoms. The summed E-state index contributed by atoms with van der Waals surface area (Å²) < 4.78 is 5.50. The fourth-order valence-corrected chi connectivity index (χ4v) is 3.52. The SMILES string of the molecule is CCN(C(=O)OC(C)(C)C)C1C2CN(c3cnc(C(=O)O)cn3)CC21. The normalized spacial score (nSPS) is 24.6. The van der Waals surface area contributed by atoms with Gasteiger partial charge >= 0.3 is 12.1 Å². The Kier molecular flexibility index (Phi) is 4.30. The van der Waals surface area contributed by atoms with Crippen molar-refractivity contribution in [2.75, 3.05) is 24.5 Å². The third-order valence-electron chi connectivity index (χ3n) is 4.66. The van der Waals surface area contributed by atoms with Crippen molar-refractivity contribution in [3.8, 4) is 0 Å². The van der Waals surface area contributed by atoms with Gasteiger partial charge in [0.25, 0.3) is 0 Å². The maximum Gasteiger partial charge on any atom is 0.410 e. The Morgan fingerprint density at radius 3 is 2.36 bits per heavy atom. The van der Waals surface area contributed by atoms with Gasteiger partial charge < -0.3 is 19.6 Å². The fourth-order valence-electron chi connectivity index (χ4n) is 3.52. The second-order valence-electron chi connectivity index (χ2n) is 7.55. The lowest BCUT2D eigenvalue weighted by molar-refractivity contribution is 0.0225. The minimum atomic E-state index is -1.08. The van der Waals surface area contributed by atoms with E-state index < -0.39 is 11.6 Å². The van der Waals surface area contributed by atoms with Crippen LogP contribution in [0.2, 0.25) is 0 Å². The number of hydrogen-bond acceptors (Lipinski definition) is 6. The Bertz CT molecular complexity index is 658. The molecule has 1 amide bonds. The highest BCUT2D eigenvalue weighted by Gasteiger charge is 2.60. The van der Waals surface area contributed by atoms with Gasteiger partial charge in [0.2, 0.25) is 0 Å². The molecule has 8 heteroatoms. The summed E-state index contributed by atoms with van der Waals surface area (Å²) in [5.41, 5.74) is -0.560. The minimum absolute atomic E-state index is 0.0620. The second kappa shape index (κ2) is 6.16. The summed E-state index contributed by atoms with van der Waals surface area (Å²) in [6.07, 6.45) is 2.51. The molecule has 2 unspecified atom stereocenters. The predicted molar refractivity (Wildman–Crippen MR) is 90.6 cm³/mol. The smallest absolute Gasteiger partial charge is 0.410 e. The van der Waals surface area contributed by atoms with Crippen LogP contribution in [0.15, 0.2) is 12.4 Å². The highest BCUT2D eigenvalue weighted by atomic mass is 16.6. The first-order chi connectivity index (χ1) is 11.7.